The number of hydrogen-bond acceptors (Lipinski definition) is 4. The van der Waals surface area contributed by atoms with E-state index in [0.717, 1.165) is 32.5 Å². The average Bonchev–Trinajstić information content (AvgIpc) is 3.38. The molecule has 0 aromatic heterocycles. The largest absolute Gasteiger partial charge is 0.375 e. The van der Waals surface area contributed by atoms with Gasteiger partial charge in [-0.15, -0.1) is 0 Å². The maximum absolute atomic E-state index is 12.4. The van der Waals surface area contributed by atoms with Crippen molar-refractivity contribution < 1.29 is 9.53 Å². The molecule has 0 N–H and O–H groups in total. The molecule has 23 heavy (non-hydrogen) atoms. The first-order valence-corrected chi connectivity index (χ1v) is 8.30. The molecule has 3 rings (SSSR count). The van der Waals surface area contributed by atoms with E-state index in [1.807, 2.05) is 18.2 Å². The topological polar surface area (TPSA) is 56.6 Å². The summed E-state index contributed by atoms with van der Waals surface area (Å²) >= 11 is 0. The molecule has 0 spiro atoms. The van der Waals surface area contributed by atoms with E-state index in [4.69, 9.17) is 10.00 Å². The van der Waals surface area contributed by atoms with E-state index in [1.54, 1.807) is 4.90 Å². The van der Waals surface area contributed by atoms with E-state index in [2.05, 4.69) is 23.1 Å². The van der Waals surface area contributed by atoms with Crippen LogP contribution in [0.25, 0.3) is 0 Å². The summed E-state index contributed by atoms with van der Waals surface area (Å²) in [5.41, 5.74) is 1.28. The maximum Gasteiger partial charge on any atom is 0.226 e. The third-order valence-corrected chi connectivity index (χ3v) is 4.42. The zero-order chi connectivity index (χ0) is 16.1. The lowest BCUT2D eigenvalue weighted by Crippen LogP contribution is -2.45. The highest BCUT2D eigenvalue weighted by Gasteiger charge is 2.34. The van der Waals surface area contributed by atoms with Gasteiger partial charge >= 0.3 is 0 Å². The van der Waals surface area contributed by atoms with Crippen LogP contribution in [0.3, 0.4) is 0 Å². The van der Waals surface area contributed by atoms with Crippen molar-refractivity contribution in [3.8, 4) is 6.07 Å². The van der Waals surface area contributed by atoms with Crippen molar-refractivity contribution in [2.75, 3.05) is 26.2 Å². The zero-order valence-corrected chi connectivity index (χ0v) is 13.4. The van der Waals surface area contributed by atoms with Gasteiger partial charge in [-0.3, -0.25) is 9.69 Å². The van der Waals surface area contributed by atoms with Gasteiger partial charge in [0.05, 0.1) is 25.2 Å². The Morgan fingerprint density at radius 2 is 2.13 bits per heavy atom. The zero-order valence-electron chi connectivity index (χ0n) is 13.4. The number of ether oxygens (including phenoxy) is 1. The first kappa shape index (κ1) is 16.0. The lowest BCUT2D eigenvalue weighted by Gasteiger charge is -2.33. The second-order valence-electron chi connectivity index (χ2n) is 6.33. The van der Waals surface area contributed by atoms with Gasteiger partial charge in [-0.05, 0) is 18.4 Å². The number of nitriles is 1. The molecule has 2 fully saturated rings. The van der Waals surface area contributed by atoms with Crippen molar-refractivity contribution in [2.24, 2.45) is 0 Å². The number of hydrogen-bond donors (Lipinski definition) is 0. The first-order valence-electron chi connectivity index (χ1n) is 8.30. The third kappa shape index (κ3) is 4.54. The monoisotopic (exact) mass is 313 g/mol. The minimum Gasteiger partial charge on any atom is -0.375 e. The lowest BCUT2D eigenvalue weighted by molar-refractivity contribution is -0.136. The van der Waals surface area contributed by atoms with E-state index < -0.39 is 0 Å². The van der Waals surface area contributed by atoms with Crippen LogP contribution in [0.15, 0.2) is 30.3 Å². The van der Waals surface area contributed by atoms with Crippen molar-refractivity contribution in [1.29, 1.82) is 5.26 Å². The van der Waals surface area contributed by atoms with E-state index in [9.17, 15) is 4.79 Å². The van der Waals surface area contributed by atoms with Gasteiger partial charge in [0.15, 0.2) is 0 Å². The van der Waals surface area contributed by atoms with E-state index in [0.29, 0.717) is 13.0 Å². The molecule has 2 aliphatic rings. The first-order chi connectivity index (χ1) is 11.3. The maximum atomic E-state index is 12.4. The molecule has 0 radical (unpaired) electrons. The number of amides is 1. The summed E-state index contributed by atoms with van der Waals surface area (Å²) in [5.74, 6) is 0.0561. The van der Waals surface area contributed by atoms with E-state index in [-0.39, 0.29) is 24.6 Å². The Labute approximate surface area is 137 Å². The van der Waals surface area contributed by atoms with Crippen molar-refractivity contribution in [1.82, 2.24) is 9.80 Å². The van der Waals surface area contributed by atoms with Crippen LogP contribution in [0.5, 0.6) is 0 Å². The molecule has 1 aliphatic carbocycles. The fourth-order valence-electron chi connectivity index (χ4n) is 3.08. The highest BCUT2D eigenvalue weighted by molar-refractivity contribution is 5.77. The summed E-state index contributed by atoms with van der Waals surface area (Å²) < 4.78 is 5.77. The van der Waals surface area contributed by atoms with Gasteiger partial charge in [-0.1, -0.05) is 30.3 Å². The predicted octanol–water partition coefficient (Wildman–Crippen LogP) is 1.79. The van der Waals surface area contributed by atoms with Gasteiger partial charge in [0.25, 0.3) is 0 Å². The fraction of sp³-hybridized carbons (Fsp3) is 0.556. The Kier molecular flexibility index (Phi) is 5.27. The van der Waals surface area contributed by atoms with Crippen LogP contribution in [-0.4, -0.2) is 54.1 Å². The molecule has 1 saturated carbocycles. The molecule has 1 saturated heterocycles. The second kappa shape index (κ2) is 7.58. The lowest BCUT2D eigenvalue weighted by atomic mass is 10.1. The van der Waals surface area contributed by atoms with Crippen molar-refractivity contribution in [3.63, 3.8) is 0 Å². The van der Waals surface area contributed by atoms with Crippen molar-refractivity contribution in [3.05, 3.63) is 35.9 Å². The quantitative estimate of drug-likeness (QED) is 0.751. The Hall–Kier alpha value is -1.90. The molecular weight excluding hydrogens is 290 g/mol. The molecule has 0 unspecified atom stereocenters. The van der Waals surface area contributed by atoms with Gasteiger partial charge in [0.1, 0.15) is 6.54 Å². The highest BCUT2D eigenvalue weighted by atomic mass is 16.5. The summed E-state index contributed by atoms with van der Waals surface area (Å²) in [6, 6.07) is 12.7. The van der Waals surface area contributed by atoms with Crippen LogP contribution in [0.1, 0.15) is 24.8 Å². The number of carbonyl (C=O) groups is 1. The molecule has 5 nitrogen and oxygen atoms in total. The average molecular weight is 313 g/mol. The van der Waals surface area contributed by atoms with Crippen LogP contribution < -0.4 is 0 Å². The van der Waals surface area contributed by atoms with E-state index in [1.165, 1.54) is 5.56 Å². The Morgan fingerprint density at radius 3 is 2.83 bits per heavy atom. The third-order valence-electron chi connectivity index (χ3n) is 4.42. The molecule has 5 heteroatoms. The van der Waals surface area contributed by atoms with Gasteiger partial charge in [0, 0.05) is 25.7 Å². The molecule has 0 bridgehead atoms. The molecule has 122 valence electrons. The molecule has 1 aromatic carbocycles. The van der Waals surface area contributed by atoms with Crippen LogP contribution >= 0.6 is 0 Å². The second-order valence-corrected chi connectivity index (χ2v) is 6.33. The Bertz CT molecular complexity index is 565. The molecule has 1 amide bonds. The standard InChI is InChI=1S/C18H23N3O2/c19-8-9-21(16-6-7-16)18(22)12-17-14-20(10-11-23-17)13-15-4-2-1-3-5-15/h1-5,16-17H,6-7,9-14H2/t17-/m0/s1. The fourth-order valence-corrected chi connectivity index (χ4v) is 3.08. The molecule has 1 atom stereocenters. The normalized spacial score (nSPS) is 21.6. The summed E-state index contributed by atoms with van der Waals surface area (Å²) in [6.07, 6.45) is 2.36. The summed E-state index contributed by atoms with van der Waals surface area (Å²) in [4.78, 5) is 16.5. The SMILES string of the molecule is N#CCN(C(=O)C[C@H]1CN(Cc2ccccc2)CCO1)C1CC1. The summed E-state index contributed by atoms with van der Waals surface area (Å²) in [7, 11) is 0. The van der Waals surface area contributed by atoms with E-state index >= 15 is 0 Å². The minimum atomic E-state index is -0.0695. The smallest absolute Gasteiger partial charge is 0.226 e. The van der Waals surface area contributed by atoms with Crippen LogP contribution in [0.4, 0.5) is 0 Å². The van der Waals surface area contributed by atoms with Gasteiger partial charge < -0.3 is 9.64 Å². The van der Waals surface area contributed by atoms with Gasteiger partial charge in [-0.25, -0.2) is 0 Å². The Balaban J connectivity index is 1.52. The molecule has 1 aliphatic heterocycles. The van der Waals surface area contributed by atoms with Crippen LogP contribution in [0, 0.1) is 11.3 Å². The molecule has 1 aromatic rings. The molecular formula is C18H23N3O2. The van der Waals surface area contributed by atoms with Crippen LogP contribution in [-0.2, 0) is 16.1 Å². The highest BCUT2D eigenvalue weighted by Crippen LogP contribution is 2.27. The number of benzene rings is 1. The van der Waals surface area contributed by atoms with Crippen molar-refractivity contribution >= 4 is 5.91 Å². The van der Waals surface area contributed by atoms with Crippen LogP contribution in [0.2, 0.25) is 0 Å². The summed E-state index contributed by atoms with van der Waals surface area (Å²) in [6.45, 7) is 3.41. The van der Waals surface area contributed by atoms with Crippen molar-refractivity contribution in [2.45, 2.75) is 38.0 Å². The number of morpholine rings is 1. The number of carbonyl (C=O) groups excluding carboxylic acids is 1. The van der Waals surface area contributed by atoms with Gasteiger partial charge in [0.2, 0.25) is 5.91 Å². The molecule has 1 heterocycles. The predicted molar refractivity (Wildman–Crippen MR) is 86.4 cm³/mol. The minimum absolute atomic E-state index is 0.0561. The number of rotatable bonds is 6. The Morgan fingerprint density at radius 1 is 1.35 bits per heavy atom. The van der Waals surface area contributed by atoms with Gasteiger partial charge in [-0.2, -0.15) is 5.26 Å². The number of nitrogens with zero attached hydrogens (tertiary/aromatic N) is 3. The summed E-state index contributed by atoms with van der Waals surface area (Å²) in [5, 5.41) is 8.89.